The zero-order valence-electron chi connectivity index (χ0n) is 18.8. The van der Waals surface area contributed by atoms with Crippen LogP contribution >= 0.6 is 0 Å². The first-order valence-corrected chi connectivity index (χ1v) is 12.7. The van der Waals surface area contributed by atoms with Crippen LogP contribution in [0, 0.1) is 5.92 Å². The molecule has 4 heterocycles. The fraction of sp³-hybridized carbons (Fsp3) is 0.375. The first kappa shape index (κ1) is 22.7. The summed E-state index contributed by atoms with van der Waals surface area (Å²) in [4.78, 5) is 29.7. The van der Waals surface area contributed by atoms with E-state index in [2.05, 4.69) is 10.3 Å². The van der Waals surface area contributed by atoms with Crippen molar-refractivity contribution in [1.82, 2.24) is 13.9 Å². The molecule has 0 aliphatic carbocycles. The molecule has 178 valence electrons. The first-order chi connectivity index (χ1) is 16.4. The molecule has 1 N–H and O–H groups in total. The largest absolute Gasteiger partial charge is 0.384 e. The van der Waals surface area contributed by atoms with Gasteiger partial charge in [0.15, 0.2) is 0 Å². The van der Waals surface area contributed by atoms with Gasteiger partial charge in [0.2, 0.25) is 15.9 Å². The molecule has 0 saturated carbocycles. The van der Waals surface area contributed by atoms with Crippen LogP contribution in [0.15, 0.2) is 58.4 Å². The lowest BCUT2D eigenvalue weighted by atomic mass is 9.84. The number of anilines is 1. The smallest absolute Gasteiger partial charge is 0.274 e. The molecule has 5 rings (SSSR count). The first-order valence-electron chi connectivity index (χ1n) is 11.2. The molecule has 1 saturated heterocycles. The molecule has 1 fully saturated rings. The Morgan fingerprint density at radius 3 is 2.79 bits per heavy atom. The van der Waals surface area contributed by atoms with Crippen molar-refractivity contribution < 1.29 is 17.9 Å². The summed E-state index contributed by atoms with van der Waals surface area (Å²) in [6, 6.07) is 12.3. The Morgan fingerprint density at radius 2 is 1.97 bits per heavy atom. The fourth-order valence-electron chi connectivity index (χ4n) is 5.02. The number of carbonyl (C=O) groups is 1. The van der Waals surface area contributed by atoms with E-state index in [1.807, 2.05) is 18.2 Å². The van der Waals surface area contributed by atoms with E-state index in [-0.39, 0.29) is 46.9 Å². The normalized spacial score (nSPS) is 20.1. The number of amides is 1. The van der Waals surface area contributed by atoms with Gasteiger partial charge in [-0.25, -0.2) is 8.42 Å². The number of benzene rings is 1. The molecule has 9 nitrogen and oxygen atoms in total. The number of nitrogens with zero attached hydrogens (tertiary/aromatic N) is 3. The van der Waals surface area contributed by atoms with Gasteiger partial charge in [-0.3, -0.25) is 14.6 Å². The molecule has 2 aliphatic rings. The van der Waals surface area contributed by atoms with E-state index in [9.17, 15) is 18.0 Å². The molecule has 34 heavy (non-hydrogen) atoms. The lowest BCUT2D eigenvalue weighted by molar-refractivity contribution is -0.117. The number of para-hydroxylation sites is 1. The molecule has 0 unspecified atom stereocenters. The van der Waals surface area contributed by atoms with Gasteiger partial charge in [0, 0.05) is 49.9 Å². The maximum Gasteiger partial charge on any atom is 0.274 e. The maximum atomic E-state index is 13.6. The van der Waals surface area contributed by atoms with Crippen LogP contribution in [0.25, 0.3) is 10.9 Å². The summed E-state index contributed by atoms with van der Waals surface area (Å²) < 4.78 is 35.4. The van der Waals surface area contributed by atoms with Gasteiger partial charge in [0.25, 0.3) is 5.56 Å². The Labute approximate surface area is 197 Å². The molecular weight excluding hydrogens is 456 g/mol. The van der Waals surface area contributed by atoms with E-state index < -0.39 is 10.0 Å². The van der Waals surface area contributed by atoms with Gasteiger partial charge in [-0.1, -0.05) is 18.2 Å². The van der Waals surface area contributed by atoms with E-state index >= 15 is 0 Å². The second-order valence-electron chi connectivity index (χ2n) is 8.83. The molecule has 10 heteroatoms. The zero-order chi connectivity index (χ0) is 23.9. The Morgan fingerprint density at radius 1 is 1.15 bits per heavy atom. The van der Waals surface area contributed by atoms with Crippen molar-refractivity contribution in [3.63, 3.8) is 0 Å². The monoisotopic (exact) mass is 482 g/mol. The predicted octanol–water partition coefficient (Wildman–Crippen LogP) is 2.18. The molecule has 2 aliphatic heterocycles. The highest BCUT2D eigenvalue weighted by molar-refractivity contribution is 7.89. The molecule has 3 aromatic rings. The van der Waals surface area contributed by atoms with Crippen LogP contribution in [0.1, 0.15) is 24.5 Å². The van der Waals surface area contributed by atoms with E-state index in [0.717, 1.165) is 17.5 Å². The van der Waals surface area contributed by atoms with Crippen molar-refractivity contribution in [3.05, 3.63) is 64.7 Å². The number of hydrogen-bond acceptors (Lipinski definition) is 6. The SMILES string of the molecule is COCCC(=O)Nc1ccc2n(c1=O)C[C@@H]1C[C@@H]2CN(S(=O)(=O)c2cccc3cccnc23)C1. The number of hydrogen-bond donors (Lipinski definition) is 1. The summed E-state index contributed by atoms with van der Waals surface area (Å²) >= 11 is 0. The lowest BCUT2D eigenvalue weighted by Crippen LogP contribution is -2.49. The van der Waals surface area contributed by atoms with Gasteiger partial charge >= 0.3 is 0 Å². The van der Waals surface area contributed by atoms with Crippen LogP contribution in [-0.2, 0) is 26.1 Å². The Bertz CT molecular complexity index is 1410. The van der Waals surface area contributed by atoms with Crippen LogP contribution in [0.3, 0.4) is 0 Å². The quantitative estimate of drug-likeness (QED) is 0.577. The van der Waals surface area contributed by atoms with E-state index in [1.54, 1.807) is 35.0 Å². The van der Waals surface area contributed by atoms with Gasteiger partial charge in [-0.15, -0.1) is 0 Å². The number of nitrogens with one attached hydrogen (secondary N) is 1. The summed E-state index contributed by atoms with van der Waals surface area (Å²) in [5.41, 5.74) is 1.24. The molecular formula is C24H26N4O5S. The molecule has 2 aromatic heterocycles. The Hall–Kier alpha value is -3.08. The van der Waals surface area contributed by atoms with Crippen LogP contribution < -0.4 is 10.9 Å². The predicted molar refractivity (Wildman–Crippen MR) is 127 cm³/mol. The lowest BCUT2D eigenvalue weighted by Gasteiger charge is -2.42. The van der Waals surface area contributed by atoms with Crippen LogP contribution in [0.5, 0.6) is 0 Å². The van der Waals surface area contributed by atoms with Crippen molar-refractivity contribution in [3.8, 4) is 0 Å². The third-order valence-corrected chi connectivity index (χ3v) is 8.45. The van der Waals surface area contributed by atoms with Gasteiger partial charge in [-0.2, -0.15) is 4.31 Å². The minimum absolute atomic E-state index is 0.00102. The summed E-state index contributed by atoms with van der Waals surface area (Å²) in [7, 11) is -2.25. The second kappa shape index (κ2) is 8.94. The Balaban J connectivity index is 1.43. The number of pyridine rings is 2. The van der Waals surface area contributed by atoms with Crippen molar-refractivity contribution in [1.29, 1.82) is 0 Å². The maximum absolute atomic E-state index is 13.6. The molecule has 2 bridgehead atoms. The van der Waals surface area contributed by atoms with E-state index in [4.69, 9.17) is 4.74 Å². The van der Waals surface area contributed by atoms with Crippen LogP contribution in [0.4, 0.5) is 5.69 Å². The number of piperidine rings is 1. The van der Waals surface area contributed by atoms with Gasteiger partial charge in [0.05, 0.1) is 18.5 Å². The van der Waals surface area contributed by atoms with E-state index in [1.165, 1.54) is 11.4 Å². The molecule has 0 spiro atoms. The topological polar surface area (TPSA) is 111 Å². The number of methoxy groups -OCH3 is 1. The van der Waals surface area contributed by atoms with Gasteiger partial charge in [0.1, 0.15) is 10.6 Å². The number of carbonyl (C=O) groups excluding carboxylic acids is 1. The highest BCUT2D eigenvalue weighted by Gasteiger charge is 2.40. The van der Waals surface area contributed by atoms with Crippen LogP contribution in [0.2, 0.25) is 0 Å². The van der Waals surface area contributed by atoms with Crippen molar-refractivity contribution in [2.45, 2.75) is 30.2 Å². The van der Waals surface area contributed by atoms with Crippen molar-refractivity contribution in [2.75, 3.05) is 32.1 Å². The second-order valence-corrected chi connectivity index (χ2v) is 10.7. The van der Waals surface area contributed by atoms with Gasteiger partial charge in [-0.05, 0) is 36.6 Å². The highest BCUT2D eigenvalue weighted by atomic mass is 32.2. The standard InChI is InChI=1S/C24H26N4O5S/c1-33-11-9-22(29)26-19-7-8-20-18-12-16(14-28(20)24(19)30)13-27(15-18)34(31,32)21-6-2-4-17-5-3-10-25-23(17)21/h2-8,10,16,18H,9,11-15H2,1H3,(H,26,29)/t16-,18-/m1/s1. The van der Waals surface area contributed by atoms with E-state index in [0.29, 0.717) is 25.2 Å². The minimum Gasteiger partial charge on any atom is -0.384 e. The molecule has 1 amide bonds. The number of rotatable bonds is 6. The van der Waals surface area contributed by atoms with Crippen LogP contribution in [-0.4, -0.2) is 55.0 Å². The summed E-state index contributed by atoms with van der Waals surface area (Å²) in [5.74, 6) is -0.381. The minimum atomic E-state index is -3.76. The van der Waals surface area contributed by atoms with Crippen molar-refractivity contribution in [2.24, 2.45) is 5.92 Å². The Kier molecular flexibility index (Phi) is 5.97. The third kappa shape index (κ3) is 4.02. The highest BCUT2D eigenvalue weighted by Crippen LogP contribution is 2.38. The molecule has 2 atom stereocenters. The fourth-order valence-corrected chi connectivity index (χ4v) is 6.75. The average molecular weight is 483 g/mol. The number of aromatic nitrogens is 2. The molecule has 0 radical (unpaired) electrons. The summed E-state index contributed by atoms with van der Waals surface area (Å²) in [6.07, 6.45) is 2.58. The third-order valence-electron chi connectivity index (χ3n) is 6.59. The molecule has 1 aromatic carbocycles. The average Bonchev–Trinajstić information content (AvgIpc) is 2.84. The summed E-state index contributed by atoms with van der Waals surface area (Å²) in [6.45, 7) is 1.31. The summed E-state index contributed by atoms with van der Waals surface area (Å²) in [5, 5.41) is 3.44. The van der Waals surface area contributed by atoms with Gasteiger partial charge < -0.3 is 14.6 Å². The number of fused-ring (bicyclic) bond motifs is 5. The number of ether oxygens (including phenoxy) is 1. The number of sulfonamides is 1. The van der Waals surface area contributed by atoms with Crippen molar-refractivity contribution >= 4 is 32.5 Å². The zero-order valence-corrected chi connectivity index (χ0v) is 19.6.